The second-order valence-electron chi connectivity index (χ2n) is 6.13. The summed E-state index contributed by atoms with van der Waals surface area (Å²) in [6.45, 7) is 9.14. The Morgan fingerprint density at radius 2 is 1.97 bits per heavy atom. The lowest BCUT2D eigenvalue weighted by Crippen LogP contribution is -2.37. The topological polar surface area (TPSA) is 93.8 Å². The number of guanidine groups is 1. The molecule has 0 aliphatic rings. The molecule has 2 aromatic heterocycles. The lowest BCUT2D eigenvalue weighted by Gasteiger charge is -2.12. The molecule has 0 spiro atoms. The van der Waals surface area contributed by atoms with Crippen molar-refractivity contribution in [3.8, 4) is 5.88 Å². The molecular formula is C20H32IN5O3. The number of aryl methyl sites for hydroxylation is 2. The molecule has 0 aromatic carbocycles. The summed E-state index contributed by atoms with van der Waals surface area (Å²) in [7, 11) is 1.64. The molecule has 0 aliphatic heterocycles. The van der Waals surface area contributed by atoms with Crippen LogP contribution in [0.3, 0.4) is 0 Å². The first kappa shape index (κ1) is 25.2. The molecule has 8 nitrogen and oxygen atoms in total. The van der Waals surface area contributed by atoms with Gasteiger partial charge in [0.1, 0.15) is 12.4 Å². The molecule has 0 bridgehead atoms. The van der Waals surface area contributed by atoms with Gasteiger partial charge in [-0.25, -0.2) is 9.98 Å². The molecule has 2 heterocycles. The van der Waals surface area contributed by atoms with E-state index in [1.807, 2.05) is 19.1 Å². The molecule has 0 unspecified atom stereocenters. The van der Waals surface area contributed by atoms with Crippen LogP contribution in [0.1, 0.15) is 43.4 Å². The molecule has 2 N–H and O–H groups in total. The van der Waals surface area contributed by atoms with E-state index in [2.05, 4.69) is 39.6 Å². The number of nitrogens with one attached hydrogen (secondary N) is 2. The van der Waals surface area contributed by atoms with Crippen molar-refractivity contribution in [1.29, 1.82) is 0 Å². The Morgan fingerprint density at radius 3 is 2.59 bits per heavy atom. The molecule has 0 aliphatic carbocycles. The average molecular weight is 517 g/mol. The standard InChI is InChI=1S/C20H31N5O3.HI/c1-5-17-16(18(6-2)28-25-17)14-24-20(21-7-3)23-13-15-8-9-19(22-12-15)27-11-10-26-4;/h8-9,12H,5-7,10-11,13-14H2,1-4H3,(H2,21,23,24);1H. The zero-order valence-electron chi connectivity index (χ0n) is 17.7. The fraction of sp³-hybridized carbons (Fsp3) is 0.550. The van der Waals surface area contributed by atoms with Gasteiger partial charge in [-0.15, -0.1) is 24.0 Å². The van der Waals surface area contributed by atoms with E-state index in [1.165, 1.54) is 0 Å². The van der Waals surface area contributed by atoms with E-state index in [1.54, 1.807) is 13.3 Å². The molecule has 0 amide bonds. The lowest BCUT2D eigenvalue weighted by molar-refractivity contribution is 0.143. The van der Waals surface area contributed by atoms with Crippen molar-refractivity contribution in [3.05, 3.63) is 40.9 Å². The summed E-state index contributed by atoms with van der Waals surface area (Å²) < 4.78 is 15.9. The largest absolute Gasteiger partial charge is 0.475 e. The van der Waals surface area contributed by atoms with Gasteiger partial charge in [-0.2, -0.15) is 0 Å². The van der Waals surface area contributed by atoms with Gasteiger partial charge in [-0.1, -0.05) is 25.1 Å². The summed E-state index contributed by atoms with van der Waals surface area (Å²) in [4.78, 5) is 8.94. The maximum absolute atomic E-state index is 5.48. The van der Waals surface area contributed by atoms with Crippen molar-refractivity contribution >= 4 is 29.9 Å². The Hall–Kier alpha value is -1.88. The maximum Gasteiger partial charge on any atom is 0.213 e. The first-order valence-electron chi connectivity index (χ1n) is 9.76. The van der Waals surface area contributed by atoms with Crippen LogP contribution in [0.2, 0.25) is 0 Å². The zero-order chi connectivity index (χ0) is 20.2. The van der Waals surface area contributed by atoms with Gasteiger partial charge < -0.3 is 24.6 Å². The molecule has 0 radical (unpaired) electrons. The van der Waals surface area contributed by atoms with E-state index in [0.717, 1.165) is 47.9 Å². The van der Waals surface area contributed by atoms with Gasteiger partial charge in [-0.05, 0) is 18.9 Å². The number of hydrogen-bond donors (Lipinski definition) is 2. The van der Waals surface area contributed by atoms with Crippen LogP contribution in [0.4, 0.5) is 0 Å². The van der Waals surface area contributed by atoms with E-state index < -0.39 is 0 Å². The lowest BCUT2D eigenvalue weighted by atomic mass is 10.1. The number of halogens is 1. The van der Waals surface area contributed by atoms with Crippen LogP contribution in [0, 0.1) is 0 Å². The highest BCUT2D eigenvalue weighted by Crippen LogP contribution is 2.15. The Morgan fingerprint density at radius 1 is 1.14 bits per heavy atom. The normalized spacial score (nSPS) is 11.1. The van der Waals surface area contributed by atoms with Crippen LogP contribution >= 0.6 is 24.0 Å². The molecule has 0 saturated heterocycles. The highest BCUT2D eigenvalue weighted by atomic mass is 127. The van der Waals surface area contributed by atoms with E-state index in [9.17, 15) is 0 Å². The number of methoxy groups -OCH3 is 1. The minimum absolute atomic E-state index is 0. The van der Waals surface area contributed by atoms with Gasteiger partial charge in [0.05, 0.1) is 18.8 Å². The van der Waals surface area contributed by atoms with Gasteiger partial charge in [0.15, 0.2) is 5.96 Å². The minimum atomic E-state index is 0. The number of aromatic nitrogens is 2. The van der Waals surface area contributed by atoms with Crippen LogP contribution in [-0.4, -0.2) is 43.0 Å². The van der Waals surface area contributed by atoms with Gasteiger partial charge in [0.25, 0.3) is 0 Å². The van der Waals surface area contributed by atoms with E-state index in [0.29, 0.717) is 32.2 Å². The number of aliphatic imine (C=N–C) groups is 1. The molecule has 0 atom stereocenters. The molecule has 29 heavy (non-hydrogen) atoms. The molecule has 162 valence electrons. The van der Waals surface area contributed by atoms with Gasteiger partial charge in [0.2, 0.25) is 5.88 Å². The Kier molecular flexibility index (Phi) is 12.3. The molecule has 0 saturated carbocycles. The number of rotatable bonds is 11. The predicted octanol–water partition coefficient (Wildman–Crippen LogP) is 3.09. The summed E-state index contributed by atoms with van der Waals surface area (Å²) >= 11 is 0. The monoisotopic (exact) mass is 517 g/mol. The summed E-state index contributed by atoms with van der Waals surface area (Å²) in [5.41, 5.74) is 3.12. The van der Waals surface area contributed by atoms with Crippen molar-refractivity contribution in [1.82, 2.24) is 20.8 Å². The summed E-state index contributed by atoms with van der Waals surface area (Å²) in [6.07, 6.45) is 3.44. The number of hydrogen-bond acceptors (Lipinski definition) is 6. The van der Waals surface area contributed by atoms with Crippen LogP contribution in [0.15, 0.2) is 27.8 Å². The third kappa shape index (κ3) is 8.17. The molecular weight excluding hydrogens is 485 g/mol. The molecule has 9 heteroatoms. The minimum Gasteiger partial charge on any atom is -0.475 e. The Bertz CT molecular complexity index is 713. The van der Waals surface area contributed by atoms with E-state index in [4.69, 9.17) is 14.0 Å². The quantitative estimate of drug-likeness (QED) is 0.205. The smallest absolute Gasteiger partial charge is 0.213 e. The van der Waals surface area contributed by atoms with Crippen LogP contribution in [0.25, 0.3) is 0 Å². The SMILES string of the molecule is CCNC(=NCc1ccc(OCCOC)nc1)NCc1c(CC)noc1CC.I. The van der Waals surface area contributed by atoms with Gasteiger partial charge in [0, 0.05) is 44.4 Å². The summed E-state index contributed by atoms with van der Waals surface area (Å²) in [5.74, 6) is 2.25. The van der Waals surface area contributed by atoms with Crippen LogP contribution in [-0.2, 0) is 30.7 Å². The van der Waals surface area contributed by atoms with Gasteiger partial charge in [-0.3, -0.25) is 0 Å². The van der Waals surface area contributed by atoms with Crippen molar-refractivity contribution < 1.29 is 14.0 Å². The molecule has 0 fully saturated rings. The van der Waals surface area contributed by atoms with Crippen molar-refractivity contribution in [2.45, 2.75) is 46.7 Å². The molecule has 2 rings (SSSR count). The molecule has 2 aromatic rings. The van der Waals surface area contributed by atoms with Crippen LogP contribution < -0.4 is 15.4 Å². The van der Waals surface area contributed by atoms with E-state index in [-0.39, 0.29) is 24.0 Å². The summed E-state index contributed by atoms with van der Waals surface area (Å²) in [5, 5.41) is 10.8. The average Bonchev–Trinajstić information content (AvgIpc) is 3.13. The second kappa shape index (κ2) is 14.2. The van der Waals surface area contributed by atoms with E-state index >= 15 is 0 Å². The third-order valence-corrected chi connectivity index (χ3v) is 4.14. The number of ether oxygens (including phenoxy) is 2. The Labute approximate surface area is 189 Å². The maximum atomic E-state index is 5.48. The summed E-state index contributed by atoms with van der Waals surface area (Å²) in [6, 6.07) is 3.81. The number of nitrogens with zero attached hydrogens (tertiary/aromatic N) is 3. The van der Waals surface area contributed by atoms with Crippen molar-refractivity contribution in [2.24, 2.45) is 4.99 Å². The zero-order valence-corrected chi connectivity index (χ0v) is 20.0. The second-order valence-corrected chi connectivity index (χ2v) is 6.13. The predicted molar refractivity (Wildman–Crippen MR) is 124 cm³/mol. The number of pyridine rings is 1. The van der Waals surface area contributed by atoms with Gasteiger partial charge >= 0.3 is 0 Å². The fourth-order valence-corrected chi connectivity index (χ4v) is 2.64. The fourth-order valence-electron chi connectivity index (χ4n) is 2.64. The third-order valence-electron chi connectivity index (χ3n) is 4.14. The first-order valence-corrected chi connectivity index (χ1v) is 9.76. The highest BCUT2D eigenvalue weighted by Gasteiger charge is 2.13. The Balaban J connectivity index is 0.00000420. The highest BCUT2D eigenvalue weighted by molar-refractivity contribution is 14.0. The van der Waals surface area contributed by atoms with Crippen LogP contribution in [0.5, 0.6) is 5.88 Å². The van der Waals surface area contributed by atoms with Crippen molar-refractivity contribution in [3.63, 3.8) is 0 Å². The van der Waals surface area contributed by atoms with Crippen molar-refractivity contribution in [2.75, 3.05) is 26.9 Å². The first-order chi connectivity index (χ1) is 13.7.